The summed E-state index contributed by atoms with van der Waals surface area (Å²) in [6.45, 7) is 1.12. The standard InChI is InChI=1S/C4H5F3OS/c1-3(8)2-9-4(5,6)7/h2H2,1H3. The summed E-state index contributed by atoms with van der Waals surface area (Å²) in [6.07, 6.45) is 0. The molecule has 0 rings (SSSR count). The molecule has 9 heavy (non-hydrogen) atoms. The molecular weight excluding hydrogens is 153 g/mol. The van der Waals surface area contributed by atoms with E-state index in [2.05, 4.69) is 0 Å². The summed E-state index contributed by atoms with van der Waals surface area (Å²) in [5.41, 5.74) is -4.27. The number of hydrogen-bond donors (Lipinski definition) is 0. The number of alkyl halides is 3. The van der Waals surface area contributed by atoms with Gasteiger partial charge >= 0.3 is 5.51 Å². The molecular formula is C4H5F3OS. The fourth-order valence-corrected chi connectivity index (χ4v) is 0.550. The maximum atomic E-state index is 11.2. The summed E-state index contributed by atoms with van der Waals surface area (Å²) < 4.78 is 33.7. The molecule has 0 fully saturated rings. The Balaban J connectivity index is 3.39. The molecule has 0 aliphatic carbocycles. The molecule has 0 bridgehead atoms. The Hall–Kier alpha value is -0.190. The van der Waals surface area contributed by atoms with E-state index in [1.54, 1.807) is 0 Å². The third-order valence-corrected chi connectivity index (χ3v) is 1.32. The zero-order valence-electron chi connectivity index (χ0n) is 4.66. The fourth-order valence-electron chi connectivity index (χ4n) is 0.183. The van der Waals surface area contributed by atoms with Gasteiger partial charge in [0.2, 0.25) is 0 Å². The SMILES string of the molecule is CC(=O)CSC(F)(F)F. The summed E-state index contributed by atoms with van der Waals surface area (Å²) in [5, 5.41) is 0. The predicted molar refractivity (Wildman–Crippen MR) is 29.2 cm³/mol. The molecule has 0 aromatic rings. The summed E-state index contributed by atoms with van der Waals surface area (Å²) >= 11 is -0.308. The minimum atomic E-state index is -4.27. The van der Waals surface area contributed by atoms with Gasteiger partial charge in [0.1, 0.15) is 5.78 Å². The highest BCUT2D eigenvalue weighted by Crippen LogP contribution is 2.29. The number of thioether (sulfide) groups is 1. The van der Waals surface area contributed by atoms with Gasteiger partial charge in [0, 0.05) is 0 Å². The maximum absolute atomic E-state index is 11.2. The molecule has 54 valence electrons. The molecule has 0 aliphatic rings. The Morgan fingerprint density at radius 1 is 1.56 bits per heavy atom. The molecule has 0 aromatic carbocycles. The van der Waals surface area contributed by atoms with Crippen molar-refractivity contribution in [3.63, 3.8) is 0 Å². The van der Waals surface area contributed by atoms with E-state index in [1.165, 1.54) is 0 Å². The number of rotatable bonds is 2. The van der Waals surface area contributed by atoms with E-state index in [1.807, 2.05) is 0 Å². The number of halogens is 3. The Morgan fingerprint density at radius 2 is 2.00 bits per heavy atom. The topological polar surface area (TPSA) is 17.1 Å². The molecule has 0 N–H and O–H groups in total. The van der Waals surface area contributed by atoms with Crippen LogP contribution in [-0.2, 0) is 4.79 Å². The normalized spacial score (nSPS) is 11.6. The molecule has 0 spiro atoms. The van der Waals surface area contributed by atoms with Crippen molar-refractivity contribution in [2.24, 2.45) is 0 Å². The van der Waals surface area contributed by atoms with Crippen molar-refractivity contribution in [1.29, 1.82) is 0 Å². The van der Waals surface area contributed by atoms with Crippen molar-refractivity contribution < 1.29 is 18.0 Å². The summed E-state index contributed by atoms with van der Waals surface area (Å²) in [7, 11) is 0. The lowest BCUT2D eigenvalue weighted by atomic mass is 10.5. The van der Waals surface area contributed by atoms with E-state index in [0.717, 1.165) is 6.92 Å². The van der Waals surface area contributed by atoms with Gasteiger partial charge in [-0.1, -0.05) is 0 Å². The van der Waals surface area contributed by atoms with E-state index >= 15 is 0 Å². The second kappa shape index (κ2) is 3.10. The summed E-state index contributed by atoms with van der Waals surface area (Å²) in [5.74, 6) is -0.943. The Kier molecular flexibility index (Phi) is 3.03. The highest BCUT2D eigenvalue weighted by Gasteiger charge is 2.28. The van der Waals surface area contributed by atoms with Gasteiger partial charge in [0.25, 0.3) is 0 Å². The average molecular weight is 158 g/mol. The van der Waals surface area contributed by atoms with Crippen LogP contribution in [-0.4, -0.2) is 17.0 Å². The highest BCUT2D eigenvalue weighted by atomic mass is 32.2. The largest absolute Gasteiger partial charge is 0.442 e. The maximum Gasteiger partial charge on any atom is 0.442 e. The number of hydrogen-bond acceptors (Lipinski definition) is 2. The quantitative estimate of drug-likeness (QED) is 0.609. The van der Waals surface area contributed by atoms with Gasteiger partial charge in [-0.3, -0.25) is 4.79 Å². The number of Topliss-reactive ketones (excluding diaryl/α,β-unsaturated/α-hetero) is 1. The minimum absolute atomic E-state index is 0.308. The van der Waals surface area contributed by atoms with Gasteiger partial charge in [-0.05, 0) is 18.7 Å². The van der Waals surface area contributed by atoms with Crippen LogP contribution in [0, 0.1) is 0 Å². The molecule has 0 amide bonds. The number of ketones is 1. The van der Waals surface area contributed by atoms with Crippen molar-refractivity contribution in [3.05, 3.63) is 0 Å². The van der Waals surface area contributed by atoms with E-state index in [0.29, 0.717) is 0 Å². The summed E-state index contributed by atoms with van der Waals surface area (Å²) in [4.78, 5) is 9.97. The van der Waals surface area contributed by atoms with Crippen molar-refractivity contribution >= 4 is 17.5 Å². The van der Waals surface area contributed by atoms with Gasteiger partial charge in [-0.2, -0.15) is 13.2 Å². The van der Waals surface area contributed by atoms with Crippen LogP contribution in [0.1, 0.15) is 6.92 Å². The molecule has 0 unspecified atom stereocenters. The first-order valence-electron chi connectivity index (χ1n) is 2.12. The molecule has 0 saturated carbocycles. The van der Waals surface area contributed by atoms with Crippen LogP contribution in [0.3, 0.4) is 0 Å². The Morgan fingerprint density at radius 3 is 2.11 bits per heavy atom. The van der Waals surface area contributed by atoms with Crippen molar-refractivity contribution in [2.75, 3.05) is 5.75 Å². The average Bonchev–Trinajstić information content (AvgIpc) is 1.59. The van der Waals surface area contributed by atoms with E-state index in [9.17, 15) is 18.0 Å². The van der Waals surface area contributed by atoms with Crippen LogP contribution in [0.15, 0.2) is 0 Å². The van der Waals surface area contributed by atoms with Gasteiger partial charge in [0.15, 0.2) is 0 Å². The molecule has 0 radical (unpaired) electrons. The predicted octanol–water partition coefficient (Wildman–Crippen LogP) is 1.83. The van der Waals surface area contributed by atoms with Crippen LogP contribution in [0.5, 0.6) is 0 Å². The van der Waals surface area contributed by atoms with Crippen molar-refractivity contribution in [2.45, 2.75) is 12.4 Å². The van der Waals surface area contributed by atoms with Crippen LogP contribution in [0.25, 0.3) is 0 Å². The fraction of sp³-hybridized carbons (Fsp3) is 0.750. The first-order valence-corrected chi connectivity index (χ1v) is 3.10. The molecule has 0 atom stereocenters. The number of carbonyl (C=O) groups is 1. The van der Waals surface area contributed by atoms with Crippen LogP contribution in [0.4, 0.5) is 13.2 Å². The minimum Gasteiger partial charge on any atom is -0.299 e. The third kappa shape index (κ3) is 7.81. The zero-order chi connectivity index (χ0) is 7.49. The van der Waals surface area contributed by atoms with E-state index in [4.69, 9.17) is 0 Å². The second-order valence-corrected chi connectivity index (χ2v) is 2.48. The lowest BCUT2D eigenvalue weighted by Gasteiger charge is -2.01. The highest BCUT2D eigenvalue weighted by molar-refractivity contribution is 8.00. The second-order valence-electron chi connectivity index (χ2n) is 1.44. The zero-order valence-corrected chi connectivity index (χ0v) is 5.47. The van der Waals surface area contributed by atoms with Gasteiger partial charge < -0.3 is 0 Å². The molecule has 0 saturated heterocycles. The van der Waals surface area contributed by atoms with Crippen molar-refractivity contribution in [1.82, 2.24) is 0 Å². The smallest absolute Gasteiger partial charge is 0.299 e. The molecule has 0 heterocycles. The van der Waals surface area contributed by atoms with Gasteiger partial charge in [-0.25, -0.2) is 0 Å². The van der Waals surface area contributed by atoms with Crippen LogP contribution >= 0.6 is 11.8 Å². The Labute approximate surface area is 54.6 Å². The van der Waals surface area contributed by atoms with Crippen molar-refractivity contribution in [3.8, 4) is 0 Å². The van der Waals surface area contributed by atoms with Gasteiger partial charge in [0.05, 0.1) is 5.75 Å². The van der Waals surface area contributed by atoms with E-state index in [-0.39, 0.29) is 11.8 Å². The number of carbonyl (C=O) groups excluding carboxylic acids is 1. The summed E-state index contributed by atoms with van der Waals surface area (Å²) in [6, 6.07) is 0. The molecule has 1 nitrogen and oxygen atoms in total. The van der Waals surface area contributed by atoms with E-state index < -0.39 is 17.0 Å². The molecule has 0 aromatic heterocycles. The first kappa shape index (κ1) is 8.81. The monoisotopic (exact) mass is 158 g/mol. The lowest BCUT2D eigenvalue weighted by Crippen LogP contribution is -2.05. The Bertz CT molecular complexity index is 109. The third-order valence-electron chi connectivity index (χ3n) is 0.439. The first-order chi connectivity index (χ1) is 3.92. The van der Waals surface area contributed by atoms with Gasteiger partial charge in [-0.15, -0.1) is 0 Å². The lowest BCUT2D eigenvalue weighted by molar-refractivity contribution is -0.114. The molecule has 0 aliphatic heterocycles. The van der Waals surface area contributed by atoms with Crippen LogP contribution in [0.2, 0.25) is 0 Å². The van der Waals surface area contributed by atoms with Crippen LogP contribution < -0.4 is 0 Å². The molecule has 5 heteroatoms.